The maximum atomic E-state index is 11.6. The van der Waals surface area contributed by atoms with E-state index in [0.29, 0.717) is 10.1 Å². The van der Waals surface area contributed by atoms with E-state index in [1.807, 2.05) is 18.2 Å². The predicted octanol–water partition coefficient (Wildman–Crippen LogP) is 3.87. The molecule has 0 atom stereocenters. The Morgan fingerprint density at radius 1 is 1.26 bits per heavy atom. The molecule has 2 rings (SSSR count). The summed E-state index contributed by atoms with van der Waals surface area (Å²) in [7, 11) is 0. The highest BCUT2D eigenvalue weighted by Crippen LogP contribution is 2.16. The van der Waals surface area contributed by atoms with Gasteiger partial charge in [0.2, 0.25) is 5.13 Å². The van der Waals surface area contributed by atoms with E-state index in [2.05, 4.69) is 39.5 Å². The Morgan fingerprint density at radius 2 is 2.00 bits per heavy atom. The first-order valence-corrected chi connectivity index (χ1v) is 8.10. The van der Waals surface area contributed by atoms with Crippen LogP contribution in [0.25, 0.3) is 0 Å². The molecule has 0 aliphatic rings. The van der Waals surface area contributed by atoms with Crippen LogP contribution >= 0.6 is 11.3 Å². The molecule has 1 N–H and O–H groups in total. The monoisotopic (exact) mass is 329 g/mol. The fourth-order valence-electron chi connectivity index (χ4n) is 1.70. The van der Waals surface area contributed by atoms with Crippen LogP contribution in [0.15, 0.2) is 30.3 Å². The summed E-state index contributed by atoms with van der Waals surface area (Å²) in [5.74, 6) is 6.03. The van der Waals surface area contributed by atoms with Crippen LogP contribution in [0, 0.1) is 11.8 Å². The number of aryl methyl sites for hydroxylation is 1. The van der Waals surface area contributed by atoms with E-state index in [1.54, 1.807) is 20.8 Å². The molecule has 1 heterocycles. The molecule has 1 aromatic carbocycles. The minimum Gasteiger partial charge on any atom is -0.444 e. The average molecular weight is 329 g/mol. The van der Waals surface area contributed by atoms with Gasteiger partial charge in [-0.1, -0.05) is 47.6 Å². The van der Waals surface area contributed by atoms with E-state index in [-0.39, 0.29) is 0 Å². The molecule has 0 saturated carbocycles. The van der Waals surface area contributed by atoms with Crippen molar-refractivity contribution in [2.75, 3.05) is 5.32 Å². The summed E-state index contributed by atoms with van der Waals surface area (Å²) in [4.78, 5) is 11.6. The lowest BCUT2D eigenvalue weighted by Gasteiger charge is -2.18. The molecule has 1 aromatic heterocycles. The summed E-state index contributed by atoms with van der Waals surface area (Å²) < 4.78 is 5.15. The summed E-state index contributed by atoms with van der Waals surface area (Å²) in [5, 5.41) is 11.3. The molecule has 5 nitrogen and oxygen atoms in total. The van der Waals surface area contributed by atoms with Crippen LogP contribution in [0.5, 0.6) is 0 Å². The highest BCUT2D eigenvalue weighted by atomic mass is 32.1. The number of anilines is 1. The number of ether oxygens (including phenoxy) is 1. The number of nitrogens with zero attached hydrogens (tertiary/aromatic N) is 2. The van der Waals surface area contributed by atoms with Crippen LogP contribution in [0.3, 0.4) is 0 Å². The largest absolute Gasteiger partial charge is 0.444 e. The third-order valence-corrected chi connectivity index (χ3v) is 3.36. The molecule has 2 aromatic rings. The number of rotatable bonds is 3. The molecule has 120 valence electrons. The fourth-order valence-corrected chi connectivity index (χ4v) is 2.31. The van der Waals surface area contributed by atoms with Gasteiger partial charge in [0, 0.05) is 6.42 Å². The third-order valence-electron chi connectivity index (χ3n) is 2.61. The minimum atomic E-state index is -0.547. The van der Waals surface area contributed by atoms with Crippen LogP contribution in [-0.2, 0) is 11.2 Å². The number of hydrogen-bond acceptors (Lipinski definition) is 5. The number of carbonyl (C=O) groups excluding carboxylic acids is 1. The van der Waals surface area contributed by atoms with Gasteiger partial charge in [0.25, 0.3) is 0 Å². The first-order valence-electron chi connectivity index (χ1n) is 7.29. The molecule has 0 unspecified atom stereocenters. The minimum absolute atomic E-state index is 0.381. The third kappa shape index (κ3) is 6.49. The van der Waals surface area contributed by atoms with Gasteiger partial charge in [0.05, 0.1) is 0 Å². The van der Waals surface area contributed by atoms with Crippen molar-refractivity contribution in [1.82, 2.24) is 10.2 Å². The van der Waals surface area contributed by atoms with E-state index >= 15 is 0 Å². The van der Waals surface area contributed by atoms with Crippen molar-refractivity contribution in [2.45, 2.75) is 39.2 Å². The van der Waals surface area contributed by atoms with E-state index in [0.717, 1.165) is 12.8 Å². The van der Waals surface area contributed by atoms with Crippen molar-refractivity contribution < 1.29 is 9.53 Å². The Kier molecular flexibility index (Phi) is 5.72. The van der Waals surface area contributed by atoms with Gasteiger partial charge in [-0.15, -0.1) is 10.2 Å². The van der Waals surface area contributed by atoms with Gasteiger partial charge in [-0.05, 0) is 38.7 Å². The number of aromatic nitrogens is 2. The SMILES string of the molecule is CC(C)(C)OC(=O)Nc1nnc(C#CCCc2ccccc2)s1. The van der Waals surface area contributed by atoms with Crippen LogP contribution in [0.2, 0.25) is 0 Å². The number of hydrogen-bond donors (Lipinski definition) is 1. The first kappa shape index (κ1) is 17.0. The van der Waals surface area contributed by atoms with Gasteiger partial charge in [-0.3, -0.25) is 5.32 Å². The van der Waals surface area contributed by atoms with E-state index in [4.69, 9.17) is 4.74 Å². The number of nitrogens with one attached hydrogen (secondary N) is 1. The van der Waals surface area contributed by atoms with E-state index in [9.17, 15) is 4.79 Å². The zero-order chi connectivity index (χ0) is 16.7. The number of carbonyl (C=O) groups is 1. The van der Waals surface area contributed by atoms with Crippen LogP contribution in [0.4, 0.5) is 9.93 Å². The second-order valence-corrected chi connectivity index (χ2v) is 6.80. The fraction of sp³-hybridized carbons (Fsp3) is 0.353. The quantitative estimate of drug-likeness (QED) is 0.868. The lowest BCUT2D eigenvalue weighted by Crippen LogP contribution is -2.27. The van der Waals surface area contributed by atoms with Crippen LogP contribution in [-0.4, -0.2) is 21.9 Å². The Balaban J connectivity index is 1.83. The molecule has 0 spiro atoms. The number of amides is 1. The molecule has 0 fully saturated rings. The molecule has 0 aliphatic heterocycles. The Labute approximate surface area is 140 Å². The first-order chi connectivity index (χ1) is 10.9. The zero-order valence-corrected chi connectivity index (χ0v) is 14.2. The van der Waals surface area contributed by atoms with Crippen molar-refractivity contribution in [3.8, 4) is 11.8 Å². The summed E-state index contributed by atoms with van der Waals surface area (Å²) in [6, 6.07) is 10.2. The molecule has 0 radical (unpaired) electrons. The normalized spacial score (nSPS) is 10.6. The topological polar surface area (TPSA) is 64.1 Å². The zero-order valence-electron chi connectivity index (χ0n) is 13.4. The maximum Gasteiger partial charge on any atom is 0.414 e. The second-order valence-electron chi connectivity index (χ2n) is 5.83. The van der Waals surface area contributed by atoms with Crippen LogP contribution in [0.1, 0.15) is 37.8 Å². The summed E-state index contributed by atoms with van der Waals surface area (Å²) >= 11 is 1.23. The summed E-state index contributed by atoms with van der Waals surface area (Å²) in [6.45, 7) is 5.41. The van der Waals surface area contributed by atoms with Crippen molar-refractivity contribution in [3.63, 3.8) is 0 Å². The van der Waals surface area contributed by atoms with Crippen molar-refractivity contribution in [3.05, 3.63) is 40.9 Å². The van der Waals surface area contributed by atoms with Crippen LogP contribution < -0.4 is 5.32 Å². The predicted molar refractivity (Wildman–Crippen MR) is 91.4 cm³/mol. The van der Waals surface area contributed by atoms with Gasteiger partial charge >= 0.3 is 6.09 Å². The lowest BCUT2D eigenvalue weighted by molar-refractivity contribution is 0.0636. The molecular formula is C17H19N3O2S. The molecule has 0 aliphatic carbocycles. The van der Waals surface area contributed by atoms with Crippen molar-refractivity contribution in [2.24, 2.45) is 0 Å². The van der Waals surface area contributed by atoms with Gasteiger partial charge < -0.3 is 4.74 Å². The van der Waals surface area contributed by atoms with E-state index in [1.165, 1.54) is 16.9 Å². The van der Waals surface area contributed by atoms with Crippen molar-refractivity contribution in [1.29, 1.82) is 0 Å². The lowest BCUT2D eigenvalue weighted by atomic mass is 10.1. The average Bonchev–Trinajstić information content (AvgIpc) is 2.90. The molecule has 23 heavy (non-hydrogen) atoms. The van der Waals surface area contributed by atoms with Gasteiger partial charge in [-0.2, -0.15) is 0 Å². The Bertz CT molecular complexity index is 709. The molecule has 0 bridgehead atoms. The second kappa shape index (κ2) is 7.75. The highest BCUT2D eigenvalue weighted by molar-refractivity contribution is 7.15. The summed E-state index contributed by atoms with van der Waals surface area (Å²) in [6.07, 6.45) is 1.10. The standard InChI is InChI=1S/C17H19N3O2S/c1-17(2,3)22-16(21)18-15-20-19-14(23-15)12-8-7-11-13-9-5-4-6-10-13/h4-6,9-10H,7,11H2,1-3H3,(H,18,20,21). The molecule has 1 amide bonds. The van der Waals surface area contributed by atoms with Gasteiger partial charge in [0.1, 0.15) is 5.60 Å². The van der Waals surface area contributed by atoms with Gasteiger partial charge in [0.15, 0.2) is 5.01 Å². The highest BCUT2D eigenvalue weighted by Gasteiger charge is 2.17. The molecule has 6 heteroatoms. The Hall–Kier alpha value is -2.39. The van der Waals surface area contributed by atoms with E-state index < -0.39 is 11.7 Å². The summed E-state index contributed by atoms with van der Waals surface area (Å²) in [5.41, 5.74) is 0.709. The van der Waals surface area contributed by atoms with Gasteiger partial charge in [-0.25, -0.2) is 4.79 Å². The Morgan fingerprint density at radius 3 is 2.70 bits per heavy atom. The van der Waals surface area contributed by atoms with Crippen molar-refractivity contribution >= 4 is 22.6 Å². The smallest absolute Gasteiger partial charge is 0.414 e. The maximum absolute atomic E-state index is 11.6. The molecule has 0 saturated heterocycles. The number of benzene rings is 1. The molecular weight excluding hydrogens is 310 g/mol.